The molecule has 2 aromatic rings. The molecule has 0 aliphatic carbocycles. The molecular weight excluding hydrogens is 396 g/mol. The summed E-state index contributed by atoms with van der Waals surface area (Å²) in [6, 6.07) is 16.4. The number of esters is 2. The smallest absolute Gasteiger partial charge is 0.355 e. The number of allylic oxidation sites excluding steroid dienone is 2. The zero-order chi connectivity index (χ0) is 22.2. The fraction of sp³-hybridized carbons (Fsp3) is 0.125. The molecule has 7 heteroatoms. The van der Waals surface area contributed by atoms with Crippen molar-refractivity contribution in [2.24, 2.45) is 0 Å². The number of nitrogens with zero attached hydrogens (tertiary/aromatic N) is 1. The number of anilines is 2. The van der Waals surface area contributed by atoms with Crippen molar-refractivity contribution in [1.29, 1.82) is 0 Å². The molecule has 0 unspecified atom stereocenters. The lowest BCUT2D eigenvalue weighted by molar-refractivity contribution is -0.139. The predicted molar refractivity (Wildman–Crippen MR) is 117 cm³/mol. The highest BCUT2D eigenvalue weighted by Gasteiger charge is 2.27. The maximum Gasteiger partial charge on any atom is 0.355 e. The summed E-state index contributed by atoms with van der Waals surface area (Å²) in [5.41, 5.74) is 2.06. The monoisotopic (exact) mass is 418 g/mol. The van der Waals surface area contributed by atoms with E-state index in [1.165, 1.54) is 25.2 Å². The highest BCUT2D eigenvalue weighted by atomic mass is 16.5. The quantitative estimate of drug-likeness (QED) is 0.724. The molecule has 0 radical (unpaired) electrons. The Morgan fingerprint density at radius 2 is 1.65 bits per heavy atom. The van der Waals surface area contributed by atoms with Gasteiger partial charge in [-0.25, -0.2) is 9.59 Å². The normalized spacial score (nSPS) is 12.9. The second kappa shape index (κ2) is 10.1. The number of carbonyl (C=O) groups is 3. The average molecular weight is 418 g/mol. The topological polar surface area (TPSA) is 84.9 Å². The van der Waals surface area contributed by atoms with Crippen LogP contribution < -0.4 is 10.2 Å². The Morgan fingerprint density at radius 1 is 0.903 bits per heavy atom. The first kappa shape index (κ1) is 21.6. The Kier molecular flexibility index (Phi) is 7.01. The molecule has 0 saturated heterocycles. The molecular formula is C24H22N2O5. The van der Waals surface area contributed by atoms with Crippen LogP contribution in [0.1, 0.15) is 5.56 Å². The third-order valence-electron chi connectivity index (χ3n) is 4.50. The van der Waals surface area contributed by atoms with Gasteiger partial charge in [0.05, 0.1) is 26.2 Å². The number of methoxy groups -OCH3 is 2. The Labute approximate surface area is 180 Å². The molecule has 0 aromatic heterocycles. The van der Waals surface area contributed by atoms with Gasteiger partial charge in [0.2, 0.25) is 5.91 Å². The molecule has 1 N–H and O–H groups in total. The molecule has 0 saturated carbocycles. The van der Waals surface area contributed by atoms with Gasteiger partial charge in [0, 0.05) is 17.6 Å². The number of benzene rings is 2. The number of ether oxygens (including phenoxy) is 2. The van der Waals surface area contributed by atoms with Crippen LogP contribution in [-0.2, 0) is 30.3 Å². The van der Waals surface area contributed by atoms with Crippen LogP contribution in [0.4, 0.5) is 11.4 Å². The zero-order valence-corrected chi connectivity index (χ0v) is 17.2. The summed E-state index contributed by atoms with van der Waals surface area (Å²) in [5, 5.41) is 2.86. The molecule has 1 heterocycles. The van der Waals surface area contributed by atoms with Crippen molar-refractivity contribution in [3.8, 4) is 0 Å². The van der Waals surface area contributed by atoms with E-state index in [0.717, 1.165) is 5.56 Å². The van der Waals surface area contributed by atoms with Crippen LogP contribution in [0.2, 0.25) is 0 Å². The second-order valence-corrected chi connectivity index (χ2v) is 6.58. The molecule has 0 bridgehead atoms. The van der Waals surface area contributed by atoms with Gasteiger partial charge in [-0.2, -0.15) is 0 Å². The first-order chi connectivity index (χ1) is 15.0. The van der Waals surface area contributed by atoms with Crippen LogP contribution in [0.25, 0.3) is 0 Å². The van der Waals surface area contributed by atoms with Crippen molar-refractivity contribution in [2.45, 2.75) is 6.42 Å². The van der Waals surface area contributed by atoms with Crippen LogP contribution >= 0.6 is 0 Å². The summed E-state index contributed by atoms with van der Waals surface area (Å²) >= 11 is 0. The summed E-state index contributed by atoms with van der Waals surface area (Å²) in [5.74, 6) is -1.54. The van der Waals surface area contributed by atoms with E-state index in [1.54, 1.807) is 42.6 Å². The lowest BCUT2D eigenvalue weighted by Gasteiger charge is -2.23. The standard InChI is InChI=1S/C24H22N2O5/c1-30-23(28)20-13-6-7-14-26(22(20)24(29)31-2)19-12-8-11-18(16-19)25-21(27)15-17-9-4-3-5-10-17/h3-14,16H,15H2,1-2H3,(H,25,27). The van der Waals surface area contributed by atoms with Gasteiger partial charge in [0.1, 0.15) is 5.70 Å². The molecule has 0 fully saturated rings. The van der Waals surface area contributed by atoms with Crippen molar-refractivity contribution in [3.63, 3.8) is 0 Å². The van der Waals surface area contributed by atoms with E-state index in [2.05, 4.69) is 5.32 Å². The minimum absolute atomic E-state index is 0.00659. The summed E-state index contributed by atoms with van der Waals surface area (Å²) in [6.07, 6.45) is 6.66. The minimum atomic E-state index is -0.699. The van der Waals surface area contributed by atoms with Gasteiger partial charge >= 0.3 is 11.9 Å². The van der Waals surface area contributed by atoms with E-state index >= 15 is 0 Å². The molecule has 0 atom stereocenters. The number of hydrogen-bond donors (Lipinski definition) is 1. The minimum Gasteiger partial charge on any atom is -0.465 e. The van der Waals surface area contributed by atoms with Gasteiger partial charge in [0.25, 0.3) is 0 Å². The van der Waals surface area contributed by atoms with E-state index in [1.807, 2.05) is 30.3 Å². The summed E-state index contributed by atoms with van der Waals surface area (Å²) < 4.78 is 9.72. The molecule has 7 nitrogen and oxygen atoms in total. The Bertz CT molecular complexity index is 1070. The third-order valence-corrected chi connectivity index (χ3v) is 4.50. The van der Waals surface area contributed by atoms with Gasteiger partial charge in [0.15, 0.2) is 0 Å². The van der Waals surface area contributed by atoms with Gasteiger partial charge < -0.3 is 19.7 Å². The first-order valence-electron chi connectivity index (χ1n) is 9.52. The van der Waals surface area contributed by atoms with Crippen LogP contribution in [0.15, 0.2) is 90.3 Å². The van der Waals surface area contributed by atoms with Crippen LogP contribution in [0, 0.1) is 0 Å². The molecule has 1 amide bonds. The number of rotatable bonds is 6. The SMILES string of the molecule is COC(=O)C1=C(C(=O)OC)N(c2cccc(NC(=O)Cc3ccccc3)c2)C=CC=C1. The van der Waals surface area contributed by atoms with E-state index in [9.17, 15) is 14.4 Å². The van der Waals surface area contributed by atoms with E-state index in [0.29, 0.717) is 11.4 Å². The molecule has 1 aliphatic heterocycles. The van der Waals surface area contributed by atoms with E-state index in [4.69, 9.17) is 9.47 Å². The van der Waals surface area contributed by atoms with Gasteiger partial charge in [-0.15, -0.1) is 0 Å². The average Bonchev–Trinajstić information content (AvgIpc) is 3.02. The van der Waals surface area contributed by atoms with Crippen molar-refractivity contribution >= 4 is 29.2 Å². The number of carbonyl (C=O) groups excluding carboxylic acids is 3. The van der Waals surface area contributed by atoms with Crippen LogP contribution in [-0.4, -0.2) is 32.1 Å². The Hall–Kier alpha value is -4.13. The molecule has 0 spiro atoms. The van der Waals surface area contributed by atoms with E-state index in [-0.39, 0.29) is 23.6 Å². The highest BCUT2D eigenvalue weighted by molar-refractivity contribution is 6.05. The van der Waals surface area contributed by atoms with Crippen molar-refractivity contribution < 1.29 is 23.9 Å². The van der Waals surface area contributed by atoms with Crippen LogP contribution in [0.3, 0.4) is 0 Å². The highest BCUT2D eigenvalue weighted by Crippen LogP contribution is 2.28. The number of nitrogens with one attached hydrogen (secondary N) is 1. The number of amides is 1. The fourth-order valence-electron chi connectivity index (χ4n) is 3.09. The summed E-state index contributed by atoms with van der Waals surface area (Å²) in [4.78, 5) is 38.7. The molecule has 158 valence electrons. The van der Waals surface area contributed by atoms with Crippen molar-refractivity contribution in [1.82, 2.24) is 0 Å². The zero-order valence-electron chi connectivity index (χ0n) is 17.2. The molecule has 1 aliphatic rings. The number of hydrogen-bond acceptors (Lipinski definition) is 6. The summed E-state index contributed by atoms with van der Waals surface area (Å²) in [6.45, 7) is 0. The fourth-order valence-corrected chi connectivity index (χ4v) is 3.09. The molecule has 31 heavy (non-hydrogen) atoms. The van der Waals surface area contributed by atoms with E-state index < -0.39 is 11.9 Å². The first-order valence-corrected chi connectivity index (χ1v) is 9.52. The van der Waals surface area contributed by atoms with Crippen LogP contribution in [0.5, 0.6) is 0 Å². The Morgan fingerprint density at radius 3 is 2.35 bits per heavy atom. The van der Waals surface area contributed by atoms with Crippen molar-refractivity contribution in [3.05, 3.63) is 95.9 Å². The lowest BCUT2D eigenvalue weighted by atomic mass is 10.1. The molecule has 3 rings (SSSR count). The maximum atomic E-state index is 12.5. The maximum absolute atomic E-state index is 12.5. The Balaban J connectivity index is 1.91. The second-order valence-electron chi connectivity index (χ2n) is 6.58. The third kappa shape index (κ3) is 5.27. The van der Waals surface area contributed by atoms with Crippen molar-refractivity contribution in [2.75, 3.05) is 24.4 Å². The van der Waals surface area contributed by atoms with Gasteiger partial charge in [-0.1, -0.05) is 42.5 Å². The molecule has 2 aromatic carbocycles. The van der Waals surface area contributed by atoms with Gasteiger partial charge in [-0.3, -0.25) is 4.79 Å². The predicted octanol–water partition coefficient (Wildman–Crippen LogP) is 3.36. The van der Waals surface area contributed by atoms with Gasteiger partial charge in [-0.05, 0) is 35.9 Å². The largest absolute Gasteiger partial charge is 0.465 e. The lowest BCUT2D eigenvalue weighted by Crippen LogP contribution is -2.27. The summed E-state index contributed by atoms with van der Waals surface area (Å²) in [7, 11) is 2.48.